The first-order valence-corrected chi connectivity index (χ1v) is 7.51. The molecule has 1 heterocycles. The lowest BCUT2D eigenvalue weighted by molar-refractivity contribution is 0.668. The summed E-state index contributed by atoms with van der Waals surface area (Å²) in [5.74, 6) is 0.659. The number of aryl methyl sites for hydroxylation is 2. The normalized spacial score (nSPS) is 13.4. The maximum absolute atomic E-state index is 9.31. The van der Waals surface area contributed by atoms with E-state index in [-0.39, 0.29) is 0 Å². The van der Waals surface area contributed by atoms with Crippen LogP contribution < -0.4 is 5.32 Å². The van der Waals surface area contributed by atoms with Crippen LogP contribution in [0.3, 0.4) is 0 Å². The number of halogens is 1. The maximum atomic E-state index is 9.31. The van der Waals surface area contributed by atoms with Crippen molar-refractivity contribution in [1.29, 1.82) is 5.26 Å². The Kier molecular flexibility index (Phi) is 3.70. The van der Waals surface area contributed by atoms with E-state index >= 15 is 0 Å². The van der Waals surface area contributed by atoms with Crippen LogP contribution in [-0.2, 0) is 12.8 Å². The summed E-state index contributed by atoms with van der Waals surface area (Å²) in [6.45, 7) is 0. The summed E-state index contributed by atoms with van der Waals surface area (Å²) in [4.78, 5) is 4.66. The lowest BCUT2D eigenvalue weighted by Gasteiger charge is -2.17. The van der Waals surface area contributed by atoms with Crippen LogP contribution in [0.2, 0.25) is 0 Å². The number of nitrogens with zero attached hydrogens (tertiary/aromatic N) is 2. The van der Waals surface area contributed by atoms with Gasteiger partial charge in [-0.05, 0) is 55.5 Å². The Hall–Kier alpha value is -1.86. The zero-order valence-electron chi connectivity index (χ0n) is 11.0. The second-order valence-corrected chi connectivity index (χ2v) is 5.86. The molecule has 0 bridgehead atoms. The third-order valence-corrected chi connectivity index (χ3v) is 4.00. The third-order valence-electron chi connectivity index (χ3n) is 3.51. The first-order valence-electron chi connectivity index (χ1n) is 6.72. The molecule has 1 aromatic heterocycles. The largest absolute Gasteiger partial charge is 0.339 e. The molecule has 2 aromatic rings. The zero-order valence-corrected chi connectivity index (χ0v) is 12.6. The van der Waals surface area contributed by atoms with Gasteiger partial charge in [-0.3, -0.25) is 0 Å². The molecule has 1 N–H and O–H groups in total. The molecule has 0 saturated carbocycles. The fraction of sp³-hybridized carbons (Fsp3) is 0.250. The summed E-state index contributed by atoms with van der Waals surface area (Å²) in [6, 6.07) is 12.1. The predicted molar refractivity (Wildman–Crippen MR) is 83.0 cm³/mol. The molecule has 0 saturated heterocycles. The number of fused-ring (bicyclic) bond motifs is 1. The Morgan fingerprint density at radius 1 is 1.20 bits per heavy atom. The third kappa shape index (κ3) is 2.68. The topological polar surface area (TPSA) is 48.7 Å². The molecular weight excluding hydrogens is 314 g/mol. The van der Waals surface area contributed by atoms with Crippen molar-refractivity contribution in [2.24, 2.45) is 0 Å². The van der Waals surface area contributed by atoms with Gasteiger partial charge in [0, 0.05) is 15.9 Å². The highest BCUT2D eigenvalue weighted by atomic mass is 79.9. The molecule has 0 unspecified atom stereocenters. The minimum Gasteiger partial charge on any atom is -0.339 e. The summed E-state index contributed by atoms with van der Waals surface area (Å²) < 4.78 is 0.999. The average Bonchev–Trinajstić information content (AvgIpc) is 2.46. The van der Waals surface area contributed by atoms with Crippen molar-refractivity contribution < 1.29 is 0 Å². The van der Waals surface area contributed by atoms with Gasteiger partial charge in [-0.25, -0.2) is 4.98 Å². The van der Waals surface area contributed by atoms with Crippen LogP contribution in [0.1, 0.15) is 29.7 Å². The van der Waals surface area contributed by atoms with E-state index < -0.39 is 0 Å². The zero-order chi connectivity index (χ0) is 13.9. The van der Waals surface area contributed by atoms with Crippen molar-refractivity contribution in [2.45, 2.75) is 25.7 Å². The number of hydrogen-bond donors (Lipinski definition) is 1. The minimum atomic E-state index is 0.616. The van der Waals surface area contributed by atoms with Gasteiger partial charge >= 0.3 is 0 Å². The summed E-state index contributed by atoms with van der Waals surface area (Å²) in [6.07, 6.45) is 4.42. The molecule has 0 aliphatic heterocycles. The number of benzene rings is 1. The molecule has 0 spiro atoms. The lowest BCUT2D eigenvalue weighted by Crippen LogP contribution is -2.08. The Morgan fingerprint density at radius 2 is 2.05 bits per heavy atom. The van der Waals surface area contributed by atoms with Crippen molar-refractivity contribution in [1.82, 2.24) is 4.98 Å². The van der Waals surface area contributed by atoms with Crippen LogP contribution in [0.25, 0.3) is 0 Å². The monoisotopic (exact) mass is 327 g/mol. The van der Waals surface area contributed by atoms with Crippen LogP contribution in [0.15, 0.2) is 34.8 Å². The molecule has 3 rings (SSSR count). The quantitative estimate of drug-likeness (QED) is 0.892. The molecule has 0 amide bonds. The summed E-state index contributed by atoms with van der Waals surface area (Å²) >= 11 is 3.45. The summed E-state index contributed by atoms with van der Waals surface area (Å²) in [7, 11) is 0. The first-order chi connectivity index (χ1) is 9.76. The number of nitrogens with one attached hydrogen (secondary N) is 1. The Bertz CT molecular complexity index is 689. The lowest BCUT2D eigenvalue weighted by atomic mass is 9.95. The second-order valence-electron chi connectivity index (χ2n) is 4.94. The number of hydrogen-bond acceptors (Lipinski definition) is 3. The molecule has 100 valence electrons. The Labute approximate surface area is 126 Å². The minimum absolute atomic E-state index is 0.616. The SMILES string of the molecule is N#Cc1cc2c(nc1Nc1cccc(Br)c1)CCCC2. The van der Waals surface area contributed by atoms with Gasteiger partial charge in [-0.15, -0.1) is 0 Å². The number of aromatic nitrogens is 1. The molecule has 0 fully saturated rings. The standard InChI is InChI=1S/C16H14BrN3/c17-13-5-3-6-14(9-13)19-16-12(10-18)8-11-4-1-2-7-15(11)20-16/h3,5-6,8-9H,1-2,4,7H2,(H,19,20). The molecule has 1 aliphatic rings. The van der Waals surface area contributed by atoms with Crippen LogP contribution in [-0.4, -0.2) is 4.98 Å². The summed E-state index contributed by atoms with van der Waals surface area (Å²) in [5, 5.41) is 12.6. The molecule has 20 heavy (non-hydrogen) atoms. The van der Waals surface area contributed by atoms with Crippen molar-refractivity contribution in [3.8, 4) is 6.07 Å². The van der Waals surface area contributed by atoms with Gasteiger partial charge in [-0.2, -0.15) is 5.26 Å². The van der Waals surface area contributed by atoms with Gasteiger partial charge in [0.2, 0.25) is 0 Å². The van der Waals surface area contributed by atoms with Gasteiger partial charge in [0.15, 0.2) is 0 Å². The molecular formula is C16H14BrN3. The van der Waals surface area contributed by atoms with Crippen molar-refractivity contribution >= 4 is 27.4 Å². The van der Waals surface area contributed by atoms with Gasteiger partial charge in [0.05, 0.1) is 5.56 Å². The highest BCUT2D eigenvalue weighted by Crippen LogP contribution is 2.27. The Morgan fingerprint density at radius 3 is 2.85 bits per heavy atom. The fourth-order valence-corrected chi connectivity index (χ4v) is 2.92. The van der Waals surface area contributed by atoms with Crippen LogP contribution in [0.5, 0.6) is 0 Å². The number of pyridine rings is 1. The number of rotatable bonds is 2. The molecule has 0 radical (unpaired) electrons. The van der Waals surface area contributed by atoms with Gasteiger partial charge < -0.3 is 5.32 Å². The summed E-state index contributed by atoms with van der Waals surface area (Å²) in [5.41, 5.74) is 3.91. The fourth-order valence-electron chi connectivity index (χ4n) is 2.52. The number of nitriles is 1. The van der Waals surface area contributed by atoms with Crippen LogP contribution in [0.4, 0.5) is 11.5 Å². The second kappa shape index (κ2) is 5.64. The molecule has 1 aliphatic carbocycles. The maximum Gasteiger partial charge on any atom is 0.148 e. The first kappa shape index (κ1) is 13.1. The number of anilines is 2. The molecule has 4 heteroatoms. The van der Waals surface area contributed by atoms with E-state index in [9.17, 15) is 5.26 Å². The van der Waals surface area contributed by atoms with E-state index in [0.717, 1.165) is 28.7 Å². The smallest absolute Gasteiger partial charge is 0.148 e. The molecule has 0 atom stereocenters. The van der Waals surface area contributed by atoms with Crippen LogP contribution >= 0.6 is 15.9 Å². The van der Waals surface area contributed by atoms with E-state index in [4.69, 9.17) is 0 Å². The van der Waals surface area contributed by atoms with E-state index in [0.29, 0.717) is 11.4 Å². The van der Waals surface area contributed by atoms with Crippen molar-refractivity contribution in [2.75, 3.05) is 5.32 Å². The van der Waals surface area contributed by atoms with E-state index in [1.807, 2.05) is 30.3 Å². The predicted octanol–water partition coefficient (Wildman–Crippen LogP) is 4.34. The van der Waals surface area contributed by atoms with E-state index in [2.05, 4.69) is 32.3 Å². The average molecular weight is 328 g/mol. The van der Waals surface area contributed by atoms with Gasteiger partial charge in [0.25, 0.3) is 0 Å². The van der Waals surface area contributed by atoms with E-state index in [1.165, 1.54) is 18.4 Å². The highest BCUT2D eigenvalue weighted by molar-refractivity contribution is 9.10. The highest BCUT2D eigenvalue weighted by Gasteiger charge is 2.15. The molecule has 3 nitrogen and oxygen atoms in total. The Balaban J connectivity index is 1.98. The van der Waals surface area contributed by atoms with Crippen molar-refractivity contribution in [3.05, 3.63) is 51.6 Å². The van der Waals surface area contributed by atoms with Gasteiger partial charge in [-0.1, -0.05) is 22.0 Å². The van der Waals surface area contributed by atoms with Crippen molar-refractivity contribution in [3.63, 3.8) is 0 Å². The van der Waals surface area contributed by atoms with Gasteiger partial charge in [0.1, 0.15) is 11.9 Å². The van der Waals surface area contributed by atoms with E-state index in [1.54, 1.807) is 0 Å². The molecule has 1 aromatic carbocycles. The van der Waals surface area contributed by atoms with Crippen LogP contribution in [0, 0.1) is 11.3 Å².